The van der Waals surface area contributed by atoms with Crippen LogP contribution in [0.15, 0.2) is 46.9 Å². The summed E-state index contributed by atoms with van der Waals surface area (Å²) in [6.45, 7) is 0.109. The number of nitrogens with zero attached hydrogens (tertiary/aromatic N) is 1. The number of amides is 5. The first-order valence-corrected chi connectivity index (χ1v) is 9.74. The van der Waals surface area contributed by atoms with Gasteiger partial charge in [-0.1, -0.05) is 12.1 Å². The van der Waals surface area contributed by atoms with Crippen molar-refractivity contribution >= 4 is 34.7 Å². The lowest BCUT2D eigenvalue weighted by Gasteiger charge is -2.29. The summed E-state index contributed by atoms with van der Waals surface area (Å²) in [4.78, 5) is 51.0. The highest BCUT2D eigenvalue weighted by molar-refractivity contribution is 6.08. The normalized spacial score (nSPS) is 19.8. The molecule has 0 spiro atoms. The number of benzene rings is 2. The SMILES string of the molecule is COc1ccc2c(c1)C(=O)N(C[C@@]1(c3cc4ccc(C(N)=O)cc4o3)NC(=O)NC1=O)C2. The molecule has 0 radical (unpaired) electrons. The van der Waals surface area contributed by atoms with Crippen molar-refractivity contribution in [1.29, 1.82) is 0 Å². The van der Waals surface area contributed by atoms with Gasteiger partial charge in [0.25, 0.3) is 11.8 Å². The highest BCUT2D eigenvalue weighted by Crippen LogP contribution is 2.35. The van der Waals surface area contributed by atoms with Crippen molar-refractivity contribution in [3.63, 3.8) is 0 Å². The van der Waals surface area contributed by atoms with Crippen molar-refractivity contribution in [3.8, 4) is 5.75 Å². The molecule has 162 valence electrons. The van der Waals surface area contributed by atoms with E-state index >= 15 is 0 Å². The van der Waals surface area contributed by atoms with E-state index in [1.54, 1.807) is 30.3 Å². The summed E-state index contributed by atoms with van der Waals surface area (Å²) in [5, 5.41) is 5.46. The molecular weight excluding hydrogens is 416 g/mol. The number of urea groups is 1. The Morgan fingerprint density at radius 1 is 1.19 bits per heavy atom. The molecular formula is C22H18N4O6. The molecule has 3 heterocycles. The molecule has 1 saturated heterocycles. The molecule has 4 N–H and O–H groups in total. The number of primary amides is 1. The van der Waals surface area contributed by atoms with E-state index in [0.717, 1.165) is 5.56 Å². The molecule has 5 amide bonds. The maximum absolute atomic E-state index is 13.1. The molecule has 1 atom stereocenters. The van der Waals surface area contributed by atoms with E-state index in [1.165, 1.54) is 24.1 Å². The second-order valence-corrected chi connectivity index (χ2v) is 7.73. The minimum Gasteiger partial charge on any atom is -0.497 e. The number of methoxy groups -OCH3 is 1. The fourth-order valence-electron chi connectivity index (χ4n) is 4.13. The number of imide groups is 1. The Labute approximate surface area is 181 Å². The van der Waals surface area contributed by atoms with Crippen LogP contribution in [-0.4, -0.2) is 42.3 Å². The van der Waals surface area contributed by atoms with Gasteiger partial charge in [-0.15, -0.1) is 0 Å². The summed E-state index contributed by atoms with van der Waals surface area (Å²) < 4.78 is 11.1. The van der Waals surface area contributed by atoms with Crippen LogP contribution in [0.25, 0.3) is 11.0 Å². The van der Waals surface area contributed by atoms with Crippen molar-refractivity contribution < 1.29 is 28.3 Å². The minimum atomic E-state index is -1.63. The predicted molar refractivity (Wildman–Crippen MR) is 111 cm³/mol. The van der Waals surface area contributed by atoms with Gasteiger partial charge in [0.05, 0.1) is 13.7 Å². The van der Waals surface area contributed by atoms with Crippen molar-refractivity contribution in [2.75, 3.05) is 13.7 Å². The quantitative estimate of drug-likeness (QED) is 0.515. The Morgan fingerprint density at radius 3 is 2.69 bits per heavy atom. The van der Waals surface area contributed by atoms with Gasteiger partial charge in [0, 0.05) is 23.1 Å². The maximum Gasteiger partial charge on any atom is 0.322 e. The molecule has 10 heteroatoms. The van der Waals surface area contributed by atoms with E-state index in [1.807, 2.05) is 0 Å². The van der Waals surface area contributed by atoms with E-state index in [4.69, 9.17) is 14.9 Å². The lowest BCUT2D eigenvalue weighted by molar-refractivity contribution is -0.125. The average molecular weight is 434 g/mol. The third-order valence-corrected chi connectivity index (χ3v) is 5.79. The predicted octanol–water partition coefficient (Wildman–Crippen LogP) is 1.23. The average Bonchev–Trinajstić information content (AvgIpc) is 3.41. The third kappa shape index (κ3) is 2.88. The van der Waals surface area contributed by atoms with Gasteiger partial charge in [-0.05, 0) is 35.9 Å². The van der Waals surface area contributed by atoms with E-state index < -0.39 is 23.4 Å². The Bertz CT molecular complexity index is 1330. The van der Waals surface area contributed by atoms with Crippen LogP contribution in [0.4, 0.5) is 4.79 Å². The molecule has 1 aromatic heterocycles. The van der Waals surface area contributed by atoms with E-state index in [9.17, 15) is 19.2 Å². The van der Waals surface area contributed by atoms with E-state index in [0.29, 0.717) is 22.3 Å². The van der Waals surface area contributed by atoms with E-state index in [2.05, 4.69) is 10.6 Å². The van der Waals surface area contributed by atoms with Crippen molar-refractivity contribution in [2.45, 2.75) is 12.1 Å². The number of carbonyl (C=O) groups is 4. The molecule has 0 saturated carbocycles. The van der Waals surface area contributed by atoms with Gasteiger partial charge in [0.2, 0.25) is 5.91 Å². The highest BCUT2D eigenvalue weighted by atomic mass is 16.5. The number of hydrogen-bond acceptors (Lipinski definition) is 6. The van der Waals surface area contributed by atoms with Crippen LogP contribution in [0.5, 0.6) is 5.75 Å². The number of nitrogens with two attached hydrogens (primary N) is 1. The van der Waals surface area contributed by atoms with Crippen LogP contribution in [0, 0.1) is 0 Å². The first-order chi connectivity index (χ1) is 15.3. The van der Waals surface area contributed by atoms with Gasteiger partial charge in [-0.25, -0.2) is 4.79 Å². The van der Waals surface area contributed by atoms with Crippen LogP contribution in [0.2, 0.25) is 0 Å². The number of rotatable bonds is 5. The zero-order chi connectivity index (χ0) is 22.6. The first kappa shape index (κ1) is 19.6. The number of carbonyl (C=O) groups excluding carboxylic acids is 4. The minimum absolute atomic E-state index is 0.138. The van der Waals surface area contributed by atoms with Gasteiger partial charge in [-0.3, -0.25) is 19.7 Å². The number of ether oxygens (including phenoxy) is 1. The van der Waals surface area contributed by atoms with Gasteiger partial charge in [0.1, 0.15) is 17.1 Å². The van der Waals surface area contributed by atoms with Crippen LogP contribution < -0.4 is 21.1 Å². The topological polar surface area (TPSA) is 144 Å². The zero-order valence-corrected chi connectivity index (χ0v) is 16.9. The summed E-state index contributed by atoms with van der Waals surface area (Å²) >= 11 is 0. The van der Waals surface area contributed by atoms with Crippen molar-refractivity contribution in [2.24, 2.45) is 5.73 Å². The fraction of sp³-hybridized carbons (Fsp3) is 0.182. The smallest absolute Gasteiger partial charge is 0.322 e. The summed E-state index contributed by atoms with van der Waals surface area (Å²) in [6, 6.07) is 10.7. The monoisotopic (exact) mass is 434 g/mol. The highest BCUT2D eigenvalue weighted by Gasteiger charge is 2.53. The Balaban J connectivity index is 1.55. The summed E-state index contributed by atoms with van der Waals surface area (Å²) in [5.74, 6) is -0.873. The first-order valence-electron chi connectivity index (χ1n) is 9.74. The van der Waals surface area contributed by atoms with Gasteiger partial charge >= 0.3 is 6.03 Å². The Hall–Kier alpha value is -4.34. The number of nitrogens with one attached hydrogen (secondary N) is 2. The van der Waals surface area contributed by atoms with Crippen molar-refractivity contribution in [1.82, 2.24) is 15.5 Å². The lowest BCUT2D eigenvalue weighted by Crippen LogP contribution is -2.52. The fourth-order valence-corrected chi connectivity index (χ4v) is 4.13. The second kappa shape index (κ2) is 6.84. The molecule has 5 rings (SSSR count). The van der Waals surface area contributed by atoms with Crippen LogP contribution in [-0.2, 0) is 16.9 Å². The molecule has 0 unspecified atom stereocenters. The van der Waals surface area contributed by atoms with Crippen LogP contribution in [0.1, 0.15) is 32.0 Å². The van der Waals surface area contributed by atoms with Gasteiger partial charge in [0.15, 0.2) is 5.54 Å². The van der Waals surface area contributed by atoms with Crippen LogP contribution in [0.3, 0.4) is 0 Å². The number of furan rings is 1. The second-order valence-electron chi connectivity index (χ2n) is 7.73. The molecule has 1 fully saturated rings. The molecule has 2 aliphatic heterocycles. The molecule has 0 aliphatic carbocycles. The maximum atomic E-state index is 13.1. The van der Waals surface area contributed by atoms with Gasteiger partial charge in [-0.2, -0.15) is 0 Å². The van der Waals surface area contributed by atoms with E-state index in [-0.39, 0.29) is 30.3 Å². The molecule has 3 aromatic rings. The summed E-state index contributed by atoms with van der Waals surface area (Å²) in [5.41, 5.74) is 5.52. The largest absolute Gasteiger partial charge is 0.497 e. The molecule has 2 aliphatic rings. The number of hydrogen-bond donors (Lipinski definition) is 3. The zero-order valence-electron chi connectivity index (χ0n) is 16.9. The van der Waals surface area contributed by atoms with Crippen molar-refractivity contribution in [3.05, 3.63) is 64.9 Å². The Morgan fingerprint density at radius 2 is 2.00 bits per heavy atom. The lowest BCUT2D eigenvalue weighted by atomic mass is 9.95. The number of fused-ring (bicyclic) bond motifs is 2. The molecule has 10 nitrogen and oxygen atoms in total. The summed E-state index contributed by atoms with van der Waals surface area (Å²) in [6.07, 6.45) is 0. The molecule has 32 heavy (non-hydrogen) atoms. The molecule has 0 bridgehead atoms. The standard InChI is InChI=1S/C22H18N4O6/c1-31-14-5-4-13-9-26(19(28)15(13)8-14)10-22(20(29)24-21(30)25-22)17-7-11-2-3-12(18(23)27)6-16(11)32-17/h2-8H,9-10H2,1H3,(H2,23,27)(H2,24,25,29,30)/t22-/m0/s1. The van der Waals surface area contributed by atoms with Gasteiger partial charge < -0.3 is 25.1 Å². The Kier molecular flexibility index (Phi) is 4.19. The summed E-state index contributed by atoms with van der Waals surface area (Å²) in [7, 11) is 1.51. The van der Waals surface area contributed by atoms with Crippen LogP contribution >= 0.6 is 0 Å². The molecule has 2 aromatic carbocycles. The third-order valence-electron chi connectivity index (χ3n) is 5.79.